The maximum absolute atomic E-state index is 12.5. The smallest absolute Gasteiger partial charge is 0.357 e. The summed E-state index contributed by atoms with van der Waals surface area (Å²) in [5.74, 6) is 0.596. The first-order chi connectivity index (χ1) is 11.9. The molecule has 0 aliphatic heterocycles. The van der Waals surface area contributed by atoms with E-state index in [1.54, 1.807) is 0 Å². The summed E-state index contributed by atoms with van der Waals surface area (Å²) in [6.45, 7) is 5.41. The second-order valence-corrected chi connectivity index (χ2v) is 6.21. The van der Waals surface area contributed by atoms with Crippen LogP contribution in [0.5, 0.6) is 0 Å². The molecule has 0 aliphatic carbocycles. The van der Waals surface area contributed by atoms with Gasteiger partial charge in [0.15, 0.2) is 11.7 Å². The highest BCUT2D eigenvalue weighted by Crippen LogP contribution is 2.29. The molecule has 5 nitrogen and oxygen atoms in total. The van der Waals surface area contributed by atoms with E-state index in [4.69, 9.17) is 0 Å². The number of alkyl halides is 3. The van der Waals surface area contributed by atoms with Crippen LogP contribution in [-0.4, -0.2) is 29.0 Å². The number of pyridine rings is 1. The average molecular weight is 371 g/mol. The van der Waals surface area contributed by atoms with Crippen molar-refractivity contribution in [1.29, 1.82) is 0 Å². The monoisotopic (exact) mass is 371 g/mol. The van der Waals surface area contributed by atoms with E-state index in [-0.39, 0.29) is 0 Å². The predicted octanol–water partition coefficient (Wildman–Crippen LogP) is 3.16. The third-order valence-corrected chi connectivity index (χ3v) is 4.07. The highest BCUT2D eigenvalue weighted by Gasteiger charge is 2.33. The number of rotatable bonds is 6. The van der Waals surface area contributed by atoms with Gasteiger partial charge in [-0.25, -0.2) is 9.98 Å². The molecule has 0 bridgehead atoms. The molecule has 2 aromatic heterocycles. The maximum Gasteiger partial charge on any atom is 0.434 e. The van der Waals surface area contributed by atoms with E-state index in [0.717, 1.165) is 28.1 Å². The topological polar surface area (TPSA) is 62.2 Å². The fourth-order valence-electron chi connectivity index (χ4n) is 2.03. The largest absolute Gasteiger partial charge is 0.434 e. The van der Waals surface area contributed by atoms with Gasteiger partial charge < -0.3 is 10.6 Å². The van der Waals surface area contributed by atoms with Crippen molar-refractivity contribution >= 4 is 17.3 Å². The summed E-state index contributed by atoms with van der Waals surface area (Å²) in [5.41, 5.74) is 0.945. The van der Waals surface area contributed by atoms with Crippen molar-refractivity contribution < 1.29 is 13.2 Å². The minimum Gasteiger partial charge on any atom is -0.357 e. The number of hydrogen-bond donors (Lipinski definition) is 2. The summed E-state index contributed by atoms with van der Waals surface area (Å²) < 4.78 is 37.6. The summed E-state index contributed by atoms with van der Waals surface area (Å²) in [7, 11) is 0. The van der Waals surface area contributed by atoms with Crippen molar-refractivity contribution in [3.8, 4) is 0 Å². The minimum absolute atomic E-state index is 0.397. The maximum atomic E-state index is 12.5. The van der Waals surface area contributed by atoms with Gasteiger partial charge in [0, 0.05) is 30.6 Å². The fourth-order valence-corrected chi connectivity index (χ4v) is 2.84. The zero-order valence-electron chi connectivity index (χ0n) is 14.0. The highest BCUT2D eigenvalue weighted by molar-refractivity contribution is 7.09. The summed E-state index contributed by atoms with van der Waals surface area (Å²) in [6, 6.07) is 5.74. The molecule has 0 aromatic carbocycles. The zero-order valence-corrected chi connectivity index (χ0v) is 14.8. The highest BCUT2D eigenvalue weighted by atomic mass is 32.1. The van der Waals surface area contributed by atoms with E-state index in [2.05, 4.69) is 25.6 Å². The summed E-state index contributed by atoms with van der Waals surface area (Å²) in [4.78, 5) is 12.4. The molecule has 0 amide bonds. The Labute approximate surface area is 148 Å². The van der Waals surface area contributed by atoms with Crippen molar-refractivity contribution in [1.82, 2.24) is 20.6 Å². The van der Waals surface area contributed by atoms with E-state index in [0.29, 0.717) is 37.0 Å². The Bertz CT molecular complexity index is 712. The molecule has 25 heavy (non-hydrogen) atoms. The van der Waals surface area contributed by atoms with Gasteiger partial charge in [-0.3, -0.25) is 4.98 Å². The third kappa shape index (κ3) is 6.33. The quantitative estimate of drug-likeness (QED) is 0.605. The normalized spacial score (nSPS) is 12.3. The standard InChI is InChI=1S/C16H20F3N5S/c1-3-20-15(22-9-12-6-4-5-11(2)23-12)21-8-7-14-24-13(10-25-14)16(17,18)19/h4-6,10H,3,7-9H2,1-2H3,(H2,20,21,22). The molecule has 0 spiro atoms. The molecular formula is C16H20F3N5S. The van der Waals surface area contributed by atoms with Crippen LogP contribution in [0.4, 0.5) is 13.2 Å². The van der Waals surface area contributed by atoms with Crippen LogP contribution in [0, 0.1) is 6.92 Å². The molecule has 2 aromatic rings. The SMILES string of the molecule is CCNC(=NCc1cccc(C)n1)NCCc1nc(C(F)(F)F)cs1. The number of aliphatic imine (C=N–C) groups is 1. The summed E-state index contributed by atoms with van der Waals surface area (Å²) >= 11 is 1.01. The Morgan fingerprint density at radius 3 is 2.68 bits per heavy atom. The molecule has 0 atom stereocenters. The van der Waals surface area contributed by atoms with Crippen LogP contribution in [0.3, 0.4) is 0 Å². The van der Waals surface area contributed by atoms with Gasteiger partial charge in [0.1, 0.15) is 0 Å². The first-order valence-corrected chi connectivity index (χ1v) is 8.72. The zero-order chi connectivity index (χ0) is 18.3. The summed E-state index contributed by atoms with van der Waals surface area (Å²) in [5, 5.41) is 7.68. The molecule has 0 saturated heterocycles. The van der Waals surface area contributed by atoms with Crippen molar-refractivity contribution in [3.63, 3.8) is 0 Å². The molecule has 9 heteroatoms. The van der Waals surface area contributed by atoms with Gasteiger partial charge >= 0.3 is 6.18 Å². The van der Waals surface area contributed by atoms with E-state index in [9.17, 15) is 13.2 Å². The lowest BCUT2D eigenvalue weighted by Crippen LogP contribution is -2.38. The van der Waals surface area contributed by atoms with Crippen molar-refractivity contribution in [3.05, 3.63) is 45.7 Å². The lowest BCUT2D eigenvalue weighted by Gasteiger charge is -2.10. The molecule has 2 N–H and O–H groups in total. The molecule has 2 rings (SSSR count). The van der Waals surface area contributed by atoms with Crippen LogP contribution < -0.4 is 10.6 Å². The first-order valence-electron chi connectivity index (χ1n) is 7.85. The van der Waals surface area contributed by atoms with Gasteiger partial charge in [0.05, 0.1) is 17.2 Å². The van der Waals surface area contributed by atoms with Crippen LogP contribution in [0.25, 0.3) is 0 Å². The van der Waals surface area contributed by atoms with Gasteiger partial charge in [-0.1, -0.05) is 6.07 Å². The van der Waals surface area contributed by atoms with Crippen LogP contribution >= 0.6 is 11.3 Å². The Kier molecular flexibility index (Phi) is 6.74. The molecule has 0 radical (unpaired) electrons. The second kappa shape index (κ2) is 8.80. The molecule has 0 saturated carbocycles. The number of nitrogens with zero attached hydrogens (tertiary/aromatic N) is 3. The molecule has 2 heterocycles. The average Bonchev–Trinajstić information content (AvgIpc) is 3.02. The molecule has 136 valence electrons. The van der Waals surface area contributed by atoms with Crippen molar-refractivity contribution in [2.24, 2.45) is 4.99 Å². The fraction of sp³-hybridized carbons (Fsp3) is 0.438. The number of aryl methyl sites for hydroxylation is 1. The Hall–Kier alpha value is -2.16. The number of aromatic nitrogens is 2. The van der Waals surface area contributed by atoms with E-state index in [1.807, 2.05) is 32.0 Å². The predicted molar refractivity (Wildman–Crippen MR) is 92.6 cm³/mol. The van der Waals surface area contributed by atoms with Gasteiger partial charge in [-0.15, -0.1) is 11.3 Å². The lowest BCUT2D eigenvalue weighted by atomic mass is 10.3. The first kappa shape index (κ1) is 19.2. The third-order valence-electron chi connectivity index (χ3n) is 3.16. The van der Waals surface area contributed by atoms with E-state index < -0.39 is 11.9 Å². The molecule has 0 aliphatic rings. The summed E-state index contributed by atoms with van der Waals surface area (Å²) in [6.07, 6.45) is -3.99. The Morgan fingerprint density at radius 2 is 2.04 bits per heavy atom. The van der Waals surface area contributed by atoms with Crippen molar-refractivity contribution in [2.45, 2.75) is 33.0 Å². The van der Waals surface area contributed by atoms with Gasteiger partial charge in [0.25, 0.3) is 0 Å². The number of halogens is 3. The number of guanidine groups is 1. The Morgan fingerprint density at radius 1 is 1.24 bits per heavy atom. The number of thiazole rings is 1. The van der Waals surface area contributed by atoms with Crippen LogP contribution in [0.1, 0.15) is 29.0 Å². The Balaban J connectivity index is 1.88. The molecule has 0 unspecified atom stereocenters. The molecular weight excluding hydrogens is 351 g/mol. The van der Waals surface area contributed by atoms with Gasteiger partial charge in [-0.05, 0) is 26.0 Å². The second-order valence-electron chi connectivity index (χ2n) is 5.27. The van der Waals surface area contributed by atoms with Gasteiger partial charge in [-0.2, -0.15) is 13.2 Å². The van der Waals surface area contributed by atoms with E-state index in [1.165, 1.54) is 0 Å². The number of hydrogen-bond acceptors (Lipinski definition) is 4. The molecule has 0 fully saturated rings. The minimum atomic E-state index is -4.39. The van der Waals surface area contributed by atoms with Crippen molar-refractivity contribution in [2.75, 3.05) is 13.1 Å². The van der Waals surface area contributed by atoms with Crippen LogP contribution in [0.15, 0.2) is 28.6 Å². The van der Waals surface area contributed by atoms with E-state index >= 15 is 0 Å². The van der Waals surface area contributed by atoms with Crippen LogP contribution in [0.2, 0.25) is 0 Å². The lowest BCUT2D eigenvalue weighted by molar-refractivity contribution is -0.140. The van der Waals surface area contributed by atoms with Gasteiger partial charge in [0.2, 0.25) is 0 Å². The number of nitrogens with one attached hydrogen (secondary N) is 2. The van der Waals surface area contributed by atoms with Crippen LogP contribution in [-0.2, 0) is 19.1 Å².